The van der Waals surface area contributed by atoms with Crippen LogP contribution in [0.2, 0.25) is 0 Å². The number of carbonyl (C=O) groups excluding carboxylic acids is 1. The van der Waals surface area contributed by atoms with Gasteiger partial charge in [0.25, 0.3) is 5.56 Å². The van der Waals surface area contributed by atoms with Crippen LogP contribution in [0, 0.1) is 12.7 Å². The van der Waals surface area contributed by atoms with E-state index in [2.05, 4.69) is 15.0 Å². The number of aromatic nitrogens is 3. The molecule has 1 aliphatic rings. The minimum atomic E-state index is -0.896. The number of aliphatic hydroxyl groups excluding tert-OH is 1. The lowest BCUT2D eigenvalue weighted by Crippen LogP contribution is -2.49. The van der Waals surface area contributed by atoms with Crippen molar-refractivity contribution in [2.45, 2.75) is 38.8 Å². The highest BCUT2D eigenvalue weighted by Gasteiger charge is 2.30. The van der Waals surface area contributed by atoms with E-state index in [0.29, 0.717) is 63.9 Å². The Morgan fingerprint density at radius 1 is 1.27 bits per heavy atom. The Labute approximate surface area is 232 Å². The van der Waals surface area contributed by atoms with Crippen molar-refractivity contribution in [1.82, 2.24) is 19.4 Å². The number of rotatable bonds is 8. The summed E-state index contributed by atoms with van der Waals surface area (Å²) in [5.74, 6) is 0.0728. The predicted molar refractivity (Wildman–Crippen MR) is 147 cm³/mol. The molecule has 1 saturated heterocycles. The molecule has 4 heterocycles. The number of oxazole rings is 1. The monoisotopic (exact) mass is 574 g/mol. The van der Waals surface area contributed by atoms with Crippen LogP contribution in [-0.2, 0) is 22.5 Å². The van der Waals surface area contributed by atoms with E-state index >= 15 is 0 Å². The van der Waals surface area contributed by atoms with Crippen LogP contribution in [0.1, 0.15) is 30.0 Å². The van der Waals surface area contributed by atoms with Crippen molar-refractivity contribution in [3.63, 3.8) is 0 Å². The quantitative estimate of drug-likeness (QED) is 0.328. The maximum Gasteiger partial charge on any atom is 0.332 e. The van der Waals surface area contributed by atoms with Crippen LogP contribution in [0.4, 0.5) is 4.39 Å². The SMILES string of the molecule is COCCO.COc1ccc(F)cc1CCn1c(=O)n([C@H]2CCCNC2=O)c(=O)c2c(C)c(-c3ncco3)sc21. The van der Waals surface area contributed by atoms with Gasteiger partial charge in [0.1, 0.15) is 28.7 Å². The molecule has 0 unspecified atom stereocenters. The number of aliphatic hydroxyl groups is 1. The van der Waals surface area contributed by atoms with Gasteiger partial charge in [-0.1, -0.05) is 0 Å². The van der Waals surface area contributed by atoms with Crippen molar-refractivity contribution in [2.24, 2.45) is 0 Å². The fraction of sp³-hybridized carbons (Fsp3) is 0.407. The number of nitrogens with zero attached hydrogens (tertiary/aromatic N) is 3. The Balaban J connectivity index is 0.000000681. The number of amides is 1. The number of ether oxygens (including phenoxy) is 2. The molecule has 11 nitrogen and oxygen atoms in total. The van der Waals surface area contributed by atoms with E-state index in [1.54, 1.807) is 14.0 Å². The van der Waals surface area contributed by atoms with E-state index < -0.39 is 23.1 Å². The maximum atomic E-state index is 13.9. The zero-order valence-electron chi connectivity index (χ0n) is 22.4. The van der Waals surface area contributed by atoms with Gasteiger partial charge >= 0.3 is 5.69 Å². The zero-order chi connectivity index (χ0) is 28.8. The highest BCUT2D eigenvalue weighted by atomic mass is 32.1. The number of aryl methyl sites for hydroxylation is 3. The molecule has 40 heavy (non-hydrogen) atoms. The number of thiophene rings is 1. The third kappa shape index (κ3) is 5.86. The van der Waals surface area contributed by atoms with Gasteiger partial charge in [0.05, 0.1) is 36.8 Å². The smallest absolute Gasteiger partial charge is 0.332 e. The van der Waals surface area contributed by atoms with Crippen LogP contribution in [-0.4, -0.2) is 59.1 Å². The van der Waals surface area contributed by atoms with Gasteiger partial charge in [-0.2, -0.15) is 0 Å². The van der Waals surface area contributed by atoms with E-state index in [0.717, 1.165) is 4.57 Å². The lowest BCUT2D eigenvalue weighted by molar-refractivity contribution is -0.126. The summed E-state index contributed by atoms with van der Waals surface area (Å²) in [5, 5.41) is 11.0. The summed E-state index contributed by atoms with van der Waals surface area (Å²) in [6.45, 7) is 2.99. The Bertz CT molecular complexity index is 1590. The molecule has 13 heteroatoms. The third-order valence-corrected chi connectivity index (χ3v) is 7.88. The number of fused-ring (bicyclic) bond motifs is 1. The molecule has 1 aliphatic heterocycles. The van der Waals surface area contributed by atoms with Crippen molar-refractivity contribution >= 4 is 27.5 Å². The Kier molecular flexibility index (Phi) is 9.50. The molecule has 0 radical (unpaired) electrons. The Morgan fingerprint density at radius 3 is 2.70 bits per heavy atom. The van der Waals surface area contributed by atoms with Crippen molar-refractivity contribution in [2.75, 3.05) is 34.0 Å². The standard InChI is InChI=1S/C24H23FN4O5S.C3H8O2/c1-13-18-22(31)29(16-4-3-8-26-20(16)30)24(32)28(23(18)35-19(13)21-27-9-11-34-21)10-7-14-12-15(25)5-6-17(14)33-2;1-5-3-2-4/h5-6,9,11-12,16H,3-4,7-8,10H2,1-2H3,(H,26,30);4H,2-3H2,1H3/t16-;/m0./s1. The van der Waals surface area contributed by atoms with Crippen LogP contribution in [0.3, 0.4) is 0 Å². The second-order valence-corrected chi connectivity index (χ2v) is 10.1. The van der Waals surface area contributed by atoms with Crippen molar-refractivity contribution in [3.8, 4) is 16.5 Å². The van der Waals surface area contributed by atoms with Gasteiger partial charge in [-0.05, 0) is 55.5 Å². The summed E-state index contributed by atoms with van der Waals surface area (Å²) in [6.07, 6.45) is 4.27. The van der Waals surface area contributed by atoms with Crippen molar-refractivity contribution in [1.29, 1.82) is 0 Å². The van der Waals surface area contributed by atoms with Gasteiger partial charge < -0.3 is 24.3 Å². The summed E-state index contributed by atoms with van der Waals surface area (Å²) in [5.41, 5.74) is 0.111. The number of hydrogen-bond donors (Lipinski definition) is 2. The first-order valence-electron chi connectivity index (χ1n) is 12.7. The van der Waals surface area contributed by atoms with Crippen LogP contribution in [0.15, 0.2) is 44.7 Å². The van der Waals surface area contributed by atoms with Crippen molar-refractivity contribution < 1.29 is 28.2 Å². The van der Waals surface area contributed by atoms with Gasteiger partial charge in [0.15, 0.2) is 0 Å². The molecule has 0 aliphatic carbocycles. The van der Waals surface area contributed by atoms with Crippen LogP contribution < -0.4 is 21.3 Å². The first-order chi connectivity index (χ1) is 19.3. The molecule has 5 rings (SSSR count). The molecule has 214 valence electrons. The number of carbonyl (C=O) groups is 1. The summed E-state index contributed by atoms with van der Waals surface area (Å²) < 4.78 is 31.7. The highest BCUT2D eigenvalue weighted by molar-refractivity contribution is 7.22. The molecule has 1 atom stereocenters. The van der Waals surface area contributed by atoms with E-state index in [9.17, 15) is 18.8 Å². The van der Waals surface area contributed by atoms with E-state index in [4.69, 9.17) is 14.3 Å². The molecule has 1 amide bonds. The fourth-order valence-corrected chi connectivity index (χ4v) is 5.90. The molecule has 0 saturated carbocycles. The minimum absolute atomic E-state index is 0.122. The average Bonchev–Trinajstić information content (AvgIpc) is 3.59. The number of piperidine rings is 1. The predicted octanol–water partition coefficient (Wildman–Crippen LogP) is 2.65. The van der Waals surface area contributed by atoms with Gasteiger partial charge in [-0.15, -0.1) is 11.3 Å². The van der Waals surface area contributed by atoms with Crippen molar-refractivity contribution in [3.05, 3.63) is 68.4 Å². The van der Waals surface area contributed by atoms with Gasteiger partial charge in [0.2, 0.25) is 11.8 Å². The largest absolute Gasteiger partial charge is 0.496 e. The molecular formula is C27H31FN4O7S. The third-order valence-electron chi connectivity index (χ3n) is 6.58. The minimum Gasteiger partial charge on any atom is -0.496 e. The first kappa shape index (κ1) is 29.2. The summed E-state index contributed by atoms with van der Waals surface area (Å²) in [6, 6.07) is 3.31. The summed E-state index contributed by atoms with van der Waals surface area (Å²) in [4.78, 5) is 45.2. The van der Waals surface area contributed by atoms with Crippen LogP contribution in [0.25, 0.3) is 21.0 Å². The molecule has 1 aromatic carbocycles. The lowest BCUT2D eigenvalue weighted by atomic mass is 10.1. The van der Waals surface area contributed by atoms with Gasteiger partial charge in [-0.3, -0.25) is 14.2 Å². The lowest BCUT2D eigenvalue weighted by Gasteiger charge is -2.24. The summed E-state index contributed by atoms with van der Waals surface area (Å²) >= 11 is 1.23. The number of methoxy groups -OCH3 is 2. The van der Waals surface area contributed by atoms with Gasteiger partial charge in [0, 0.05) is 20.2 Å². The zero-order valence-corrected chi connectivity index (χ0v) is 23.3. The first-order valence-corrected chi connectivity index (χ1v) is 13.5. The number of nitrogens with one attached hydrogen (secondary N) is 1. The molecule has 3 aromatic heterocycles. The molecule has 0 bridgehead atoms. The number of halogens is 1. The van der Waals surface area contributed by atoms with E-state index in [-0.39, 0.29) is 25.5 Å². The van der Waals surface area contributed by atoms with Crippen LogP contribution >= 0.6 is 11.3 Å². The molecule has 0 spiro atoms. The maximum absolute atomic E-state index is 13.9. The van der Waals surface area contributed by atoms with Crippen LogP contribution in [0.5, 0.6) is 5.75 Å². The topological polar surface area (TPSA) is 138 Å². The Morgan fingerprint density at radius 2 is 2.08 bits per heavy atom. The normalized spacial score (nSPS) is 15.0. The summed E-state index contributed by atoms with van der Waals surface area (Å²) in [7, 11) is 3.05. The second kappa shape index (κ2) is 13.0. The second-order valence-electron chi connectivity index (χ2n) is 9.05. The average molecular weight is 575 g/mol. The molecule has 4 aromatic rings. The highest BCUT2D eigenvalue weighted by Crippen LogP contribution is 2.36. The molecule has 1 fully saturated rings. The number of benzene rings is 1. The molecule has 2 N–H and O–H groups in total. The molecular weight excluding hydrogens is 543 g/mol. The number of hydrogen-bond acceptors (Lipinski definition) is 9. The van der Waals surface area contributed by atoms with E-state index in [1.165, 1.54) is 53.7 Å². The Hall–Kier alpha value is -3.81. The van der Waals surface area contributed by atoms with E-state index in [1.807, 2.05) is 0 Å². The fourth-order valence-electron chi connectivity index (χ4n) is 4.64. The van der Waals surface area contributed by atoms with Gasteiger partial charge in [-0.25, -0.2) is 18.7 Å².